The fraction of sp³-hybridized carbons (Fsp3) is 0.500. The van der Waals surface area contributed by atoms with Crippen molar-refractivity contribution < 1.29 is 8.78 Å². The molecule has 1 aromatic carbocycles. The van der Waals surface area contributed by atoms with Crippen LogP contribution < -0.4 is 10.6 Å². The van der Waals surface area contributed by atoms with Gasteiger partial charge >= 0.3 is 0 Å². The third-order valence-corrected chi connectivity index (χ3v) is 2.93. The Kier molecular flexibility index (Phi) is 3.85. The van der Waals surface area contributed by atoms with Gasteiger partial charge in [0.2, 0.25) is 0 Å². The van der Waals surface area contributed by atoms with E-state index in [9.17, 15) is 8.78 Å². The van der Waals surface area contributed by atoms with Crippen molar-refractivity contribution in [2.45, 2.75) is 25.4 Å². The SMILES string of the molecule is Fc1cccc(F)c1CNC1CCCNC1. The number of piperidine rings is 1. The molecule has 1 heterocycles. The summed E-state index contributed by atoms with van der Waals surface area (Å²) in [6, 6.07) is 4.28. The van der Waals surface area contributed by atoms with Gasteiger partial charge in [-0.3, -0.25) is 0 Å². The number of rotatable bonds is 3. The third-order valence-electron chi connectivity index (χ3n) is 2.93. The maximum atomic E-state index is 13.3. The van der Waals surface area contributed by atoms with Crippen molar-refractivity contribution in [1.29, 1.82) is 0 Å². The summed E-state index contributed by atoms with van der Waals surface area (Å²) < 4.78 is 26.6. The molecule has 88 valence electrons. The van der Waals surface area contributed by atoms with E-state index in [4.69, 9.17) is 0 Å². The zero-order valence-corrected chi connectivity index (χ0v) is 9.10. The molecule has 4 heteroatoms. The first-order valence-corrected chi connectivity index (χ1v) is 5.64. The van der Waals surface area contributed by atoms with Crippen molar-refractivity contribution in [2.75, 3.05) is 13.1 Å². The molecule has 0 aliphatic carbocycles. The van der Waals surface area contributed by atoms with Crippen LogP contribution in [0.4, 0.5) is 8.78 Å². The minimum Gasteiger partial charge on any atom is -0.315 e. The quantitative estimate of drug-likeness (QED) is 0.821. The largest absolute Gasteiger partial charge is 0.315 e. The predicted octanol–water partition coefficient (Wildman–Crippen LogP) is 1.81. The van der Waals surface area contributed by atoms with Gasteiger partial charge in [0.1, 0.15) is 11.6 Å². The van der Waals surface area contributed by atoms with Crippen LogP contribution in [0.5, 0.6) is 0 Å². The molecule has 1 atom stereocenters. The van der Waals surface area contributed by atoms with Crippen molar-refractivity contribution in [3.8, 4) is 0 Å². The molecule has 16 heavy (non-hydrogen) atoms. The molecule has 1 aliphatic rings. The lowest BCUT2D eigenvalue weighted by molar-refractivity contribution is 0.383. The van der Waals surface area contributed by atoms with Crippen molar-refractivity contribution >= 4 is 0 Å². The van der Waals surface area contributed by atoms with E-state index in [0.717, 1.165) is 25.9 Å². The fourth-order valence-electron chi connectivity index (χ4n) is 1.97. The monoisotopic (exact) mass is 226 g/mol. The van der Waals surface area contributed by atoms with Crippen LogP contribution in [0.3, 0.4) is 0 Å². The van der Waals surface area contributed by atoms with Gasteiger partial charge in [-0.25, -0.2) is 8.78 Å². The van der Waals surface area contributed by atoms with Gasteiger partial charge in [-0.1, -0.05) is 6.07 Å². The number of hydrogen-bond donors (Lipinski definition) is 2. The Morgan fingerprint density at radius 2 is 2.06 bits per heavy atom. The molecule has 0 aromatic heterocycles. The van der Waals surface area contributed by atoms with Gasteiger partial charge in [-0.15, -0.1) is 0 Å². The predicted molar refractivity (Wildman–Crippen MR) is 59.1 cm³/mol. The van der Waals surface area contributed by atoms with Crippen LogP contribution >= 0.6 is 0 Å². The Hall–Kier alpha value is -1.00. The van der Waals surface area contributed by atoms with Crippen LogP contribution in [0, 0.1) is 11.6 Å². The lowest BCUT2D eigenvalue weighted by atomic mass is 10.1. The maximum Gasteiger partial charge on any atom is 0.130 e. The summed E-state index contributed by atoms with van der Waals surface area (Å²) in [6.07, 6.45) is 2.17. The van der Waals surface area contributed by atoms with Crippen LogP contribution in [0.25, 0.3) is 0 Å². The minimum absolute atomic E-state index is 0.132. The van der Waals surface area contributed by atoms with E-state index in [-0.39, 0.29) is 12.1 Å². The Labute approximate surface area is 94.0 Å². The standard InChI is InChI=1S/C12H16F2N2/c13-11-4-1-5-12(14)10(11)8-16-9-3-2-6-15-7-9/h1,4-5,9,15-16H,2-3,6-8H2. The highest BCUT2D eigenvalue weighted by Gasteiger charge is 2.14. The first kappa shape index (κ1) is 11.5. The van der Waals surface area contributed by atoms with E-state index in [1.54, 1.807) is 0 Å². The molecule has 1 unspecified atom stereocenters. The highest BCUT2D eigenvalue weighted by Crippen LogP contribution is 2.12. The fourth-order valence-corrected chi connectivity index (χ4v) is 1.97. The third kappa shape index (κ3) is 2.77. The summed E-state index contributed by atoms with van der Waals surface area (Å²) in [5.41, 5.74) is 0.132. The molecule has 1 fully saturated rings. The number of halogens is 2. The Morgan fingerprint density at radius 3 is 2.69 bits per heavy atom. The molecule has 2 rings (SSSR count). The average molecular weight is 226 g/mol. The molecule has 0 amide bonds. The molecule has 0 bridgehead atoms. The summed E-state index contributed by atoms with van der Waals surface area (Å²) in [7, 11) is 0. The first-order valence-electron chi connectivity index (χ1n) is 5.64. The van der Waals surface area contributed by atoms with E-state index in [0.29, 0.717) is 6.04 Å². The van der Waals surface area contributed by atoms with Crippen molar-refractivity contribution in [3.05, 3.63) is 35.4 Å². The topological polar surface area (TPSA) is 24.1 Å². The zero-order chi connectivity index (χ0) is 11.4. The molecule has 1 saturated heterocycles. The summed E-state index contributed by atoms with van der Waals surface area (Å²) in [5.74, 6) is -0.951. The normalized spacial score (nSPS) is 21.0. The molecular weight excluding hydrogens is 210 g/mol. The van der Waals surface area contributed by atoms with Crippen molar-refractivity contribution in [1.82, 2.24) is 10.6 Å². The van der Waals surface area contributed by atoms with Crippen LogP contribution in [-0.2, 0) is 6.54 Å². The van der Waals surface area contributed by atoms with Crippen molar-refractivity contribution in [2.24, 2.45) is 0 Å². The smallest absolute Gasteiger partial charge is 0.130 e. The molecule has 1 aliphatic heterocycles. The minimum atomic E-state index is -0.476. The summed E-state index contributed by atoms with van der Waals surface area (Å²) in [4.78, 5) is 0. The molecule has 0 radical (unpaired) electrons. The van der Waals surface area contributed by atoms with Crippen LogP contribution in [0.1, 0.15) is 18.4 Å². The second kappa shape index (κ2) is 5.37. The second-order valence-electron chi connectivity index (χ2n) is 4.12. The number of benzene rings is 1. The summed E-state index contributed by atoms with van der Waals surface area (Å²) in [5, 5.41) is 6.43. The average Bonchev–Trinajstić information content (AvgIpc) is 2.30. The lowest BCUT2D eigenvalue weighted by Gasteiger charge is -2.24. The Morgan fingerprint density at radius 1 is 1.31 bits per heavy atom. The van der Waals surface area contributed by atoms with E-state index < -0.39 is 11.6 Å². The highest BCUT2D eigenvalue weighted by atomic mass is 19.1. The molecule has 2 N–H and O–H groups in total. The first-order chi connectivity index (χ1) is 7.77. The molecule has 0 saturated carbocycles. The number of hydrogen-bond acceptors (Lipinski definition) is 2. The lowest BCUT2D eigenvalue weighted by Crippen LogP contribution is -2.42. The molecular formula is C12H16F2N2. The van der Waals surface area contributed by atoms with Gasteiger partial charge in [0, 0.05) is 24.7 Å². The van der Waals surface area contributed by atoms with E-state index >= 15 is 0 Å². The Balaban J connectivity index is 1.93. The molecule has 1 aromatic rings. The van der Waals surface area contributed by atoms with Crippen LogP contribution in [-0.4, -0.2) is 19.1 Å². The molecule has 2 nitrogen and oxygen atoms in total. The van der Waals surface area contributed by atoms with Gasteiger partial charge < -0.3 is 10.6 Å². The van der Waals surface area contributed by atoms with Gasteiger partial charge in [-0.2, -0.15) is 0 Å². The van der Waals surface area contributed by atoms with E-state index in [2.05, 4.69) is 10.6 Å². The Bertz CT molecular complexity index is 329. The van der Waals surface area contributed by atoms with Crippen LogP contribution in [0.2, 0.25) is 0 Å². The summed E-state index contributed by atoms with van der Waals surface area (Å²) in [6.45, 7) is 2.16. The maximum absolute atomic E-state index is 13.3. The number of nitrogens with one attached hydrogen (secondary N) is 2. The van der Waals surface area contributed by atoms with E-state index in [1.807, 2.05) is 0 Å². The molecule has 0 spiro atoms. The summed E-state index contributed by atoms with van der Waals surface area (Å²) >= 11 is 0. The van der Waals surface area contributed by atoms with Gasteiger partial charge in [0.05, 0.1) is 0 Å². The van der Waals surface area contributed by atoms with Crippen LogP contribution in [0.15, 0.2) is 18.2 Å². The van der Waals surface area contributed by atoms with Gasteiger partial charge in [0.25, 0.3) is 0 Å². The van der Waals surface area contributed by atoms with Gasteiger partial charge in [-0.05, 0) is 31.5 Å². The second-order valence-corrected chi connectivity index (χ2v) is 4.12. The highest BCUT2D eigenvalue weighted by molar-refractivity contribution is 5.19. The van der Waals surface area contributed by atoms with Crippen molar-refractivity contribution in [3.63, 3.8) is 0 Å². The van der Waals surface area contributed by atoms with Gasteiger partial charge in [0.15, 0.2) is 0 Å². The van der Waals surface area contributed by atoms with E-state index in [1.165, 1.54) is 18.2 Å². The zero-order valence-electron chi connectivity index (χ0n) is 9.10.